The van der Waals surface area contributed by atoms with E-state index in [1.165, 1.54) is 4.90 Å². The summed E-state index contributed by atoms with van der Waals surface area (Å²) in [6.07, 6.45) is 3.71. The molecule has 4 amide bonds. The molecule has 170 valence electrons. The van der Waals surface area contributed by atoms with Crippen molar-refractivity contribution in [3.8, 4) is 0 Å². The second kappa shape index (κ2) is 8.46. The van der Waals surface area contributed by atoms with Gasteiger partial charge in [0.1, 0.15) is 0 Å². The van der Waals surface area contributed by atoms with Gasteiger partial charge in [-0.3, -0.25) is 24.1 Å². The van der Waals surface area contributed by atoms with Gasteiger partial charge in [0.05, 0.1) is 23.7 Å². The molecule has 0 aromatic heterocycles. The first kappa shape index (κ1) is 21.4. The summed E-state index contributed by atoms with van der Waals surface area (Å²) in [7, 11) is 0. The average molecular weight is 446 g/mol. The molecule has 1 aliphatic carbocycles. The van der Waals surface area contributed by atoms with E-state index in [9.17, 15) is 19.2 Å². The molecule has 3 unspecified atom stereocenters. The number of imide groups is 1. The summed E-state index contributed by atoms with van der Waals surface area (Å²) in [5.74, 6) is -2.12. The molecule has 0 spiro atoms. The minimum absolute atomic E-state index is 0.0864. The highest BCUT2D eigenvalue weighted by Crippen LogP contribution is 2.38. The lowest BCUT2D eigenvalue weighted by Gasteiger charge is -2.42. The van der Waals surface area contributed by atoms with Gasteiger partial charge in [0.25, 0.3) is 11.8 Å². The zero-order valence-electron chi connectivity index (χ0n) is 18.4. The van der Waals surface area contributed by atoms with Crippen LogP contribution in [-0.4, -0.2) is 46.5 Å². The molecule has 0 saturated heterocycles. The van der Waals surface area contributed by atoms with Crippen LogP contribution in [-0.2, 0) is 16.0 Å². The van der Waals surface area contributed by atoms with Crippen molar-refractivity contribution in [3.05, 3.63) is 70.8 Å². The van der Waals surface area contributed by atoms with Crippen molar-refractivity contribution in [1.29, 1.82) is 0 Å². The average Bonchev–Trinajstić information content (AvgIpc) is 3.08. The summed E-state index contributed by atoms with van der Waals surface area (Å²) < 4.78 is 0. The molecule has 0 radical (unpaired) electrons. The predicted octanol–water partition coefficient (Wildman–Crippen LogP) is 2.70. The van der Waals surface area contributed by atoms with E-state index in [0.29, 0.717) is 36.9 Å². The molecule has 1 fully saturated rings. The molecule has 2 aromatic rings. The smallest absolute Gasteiger partial charge is 0.261 e. The topological polar surface area (TPSA) is 101 Å². The standard InChI is InChI=1S/C26H27N3O4/c27-23(30)18-9-3-4-10-19(18)24(31)28-14-13-16-7-1-2-8-17(16)22(28)15-29-25(32)20-11-5-6-12-21(20)26(29)33/h1-2,5-8,11-12,18-19,22H,3-4,9-10,13-15H2,(H2,27,30). The van der Waals surface area contributed by atoms with Crippen molar-refractivity contribution in [2.75, 3.05) is 13.1 Å². The number of carbonyl (C=O) groups excluding carboxylic acids is 4. The lowest BCUT2D eigenvalue weighted by Crippen LogP contribution is -2.50. The van der Waals surface area contributed by atoms with Crippen molar-refractivity contribution >= 4 is 23.6 Å². The van der Waals surface area contributed by atoms with Crippen LogP contribution in [0, 0.1) is 11.8 Å². The SMILES string of the molecule is NC(=O)C1CCCCC1C(=O)N1CCc2ccccc2C1CN1C(=O)c2ccccc2C1=O. The van der Waals surface area contributed by atoms with Crippen LogP contribution in [0.4, 0.5) is 0 Å². The number of hydrogen-bond acceptors (Lipinski definition) is 4. The van der Waals surface area contributed by atoms with Gasteiger partial charge in [0.15, 0.2) is 0 Å². The molecule has 7 nitrogen and oxygen atoms in total. The Balaban J connectivity index is 1.48. The summed E-state index contributed by atoms with van der Waals surface area (Å²) >= 11 is 0. The molecular weight excluding hydrogens is 418 g/mol. The molecule has 3 aliphatic rings. The number of benzene rings is 2. The van der Waals surface area contributed by atoms with Crippen molar-refractivity contribution in [1.82, 2.24) is 9.80 Å². The minimum atomic E-state index is -0.469. The maximum Gasteiger partial charge on any atom is 0.261 e. The first-order chi connectivity index (χ1) is 16.0. The Morgan fingerprint density at radius 3 is 2.15 bits per heavy atom. The van der Waals surface area contributed by atoms with Crippen molar-refractivity contribution in [2.24, 2.45) is 17.6 Å². The molecule has 33 heavy (non-hydrogen) atoms. The number of fused-ring (bicyclic) bond motifs is 2. The maximum atomic E-state index is 13.8. The van der Waals surface area contributed by atoms with Gasteiger partial charge in [-0.1, -0.05) is 49.2 Å². The molecule has 2 aromatic carbocycles. The van der Waals surface area contributed by atoms with E-state index in [4.69, 9.17) is 5.73 Å². The van der Waals surface area contributed by atoms with E-state index in [2.05, 4.69) is 0 Å². The number of rotatable bonds is 4. The third-order valence-corrected chi connectivity index (χ3v) is 7.38. The molecule has 2 N–H and O–H groups in total. The molecule has 0 bridgehead atoms. The molecule has 1 saturated carbocycles. The van der Waals surface area contributed by atoms with Crippen molar-refractivity contribution < 1.29 is 19.2 Å². The molecule has 2 aliphatic heterocycles. The summed E-state index contributed by atoms with van der Waals surface area (Å²) in [6, 6.07) is 14.2. The van der Waals surface area contributed by atoms with Gasteiger partial charge in [-0.15, -0.1) is 0 Å². The van der Waals surface area contributed by atoms with Crippen LogP contribution in [0.1, 0.15) is 63.6 Å². The van der Waals surface area contributed by atoms with E-state index in [-0.39, 0.29) is 24.3 Å². The normalized spacial score (nSPS) is 24.4. The van der Waals surface area contributed by atoms with Gasteiger partial charge in [0.2, 0.25) is 11.8 Å². The molecule has 3 atom stereocenters. The second-order valence-electron chi connectivity index (χ2n) is 9.16. The molecule has 5 rings (SSSR count). The minimum Gasteiger partial charge on any atom is -0.369 e. The molecule has 2 heterocycles. The monoisotopic (exact) mass is 445 g/mol. The van der Waals surface area contributed by atoms with Crippen molar-refractivity contribution in [3.63, 3.8) is 0 Å². The number of carbonyl (C=O) groups is 4. The Hall–Kier alpha value is -3.48. The summed E-state index contributed by atoms with van der Waals surface area (Å²) in [5.41, 5.74) is 8.49. The van der Waals surface area contributed by atoms with Crippen molar-refractivity contribution in [2.45, 2.75) is 38.1 Å². The number of hydrogen-bond donors (Lipinski definition) is 1. The van der Waals surface area contributed by atoms with Gasteiger partial charge in [-0.2, -0.15) is 0 Å². The third-order valence-electron chi connectivity index (χ3n) is 7.38. The maximum absolute atomic E-state index is 13.8. The molecular formula is C26H27N3O4. The first-order valence-corrected chi connectivity index (χ1v) is 11.6. The van der Waals surface area contributed by atoms with Gasteiger partial charge in [-0.25, -0.2) is 0 Å². The Bertz CT molecular complexity index is 1110. The van der Waals surface area contributed by atoms with Crippen LogP contribution in [0.2, 0.25) is 0 Å². The van der Waals surface area contributed by atoms with Gasteiger partial charge >= 0.3 is 0 Å². The fraction of sp³-hybridized carbons (Fsp3) is 0.385. The summed E-state index contributed by atoms with van der Waals surface area (Å²) in [6.45, 7) is 0.564. The van der Waals surface area contributed by atoms with Crippen LogP contribution < -0.4 is 5.73 Å². The Labute approximate surface area is 192 Å². The van der Waals surface area contributed by atoms with E-state index >= 15 is 0 Å². The van der Waals surface area contributed by atoms with Crippen LogP contribution in [0.25, 0.3) is 0 Å². The quantitative estimate of drug-likeness (QED) is 0.731. The van der Waals surface area contributed by atoms with E-state index in [1.54, 1.807) is 29.2 Å². The number of nitrogens with two attached hydrogens (primary N) is 1. The summed E-state index contributed by atoms with van der Waals surface area (Å²) in [5, 5.41) is 0. The predicted molar refractivity (Wildman–Crippen MR) is 121 cm³/mol. The lowest BCUT2D eigenvalue weighted by atomic mass is 9.77. The number of primary amides is 1. The van der Waals surface area contributed by atoms with Crippen LogP contribution in [0.15, 0.2) is 48.5 Å². The van der Waals surface area contributed by atoms with Crippen LogP contribution in [0.3, 0.4) is 0 Å². The Morgan fingerprint density at radius 2 is 1.48 bits per heavy atom. The highest BCUT2D eigenvalue weighted by Gasteiger charge is 2.43. The van der Waals surface area contributed by atoms with Crippen LogP contribution in [0.5, 0.6) is 0 Å². The lowest BCUT2D eigenvalue weighted by molar-refractivity contribution is -0.145. The number of nitrogens with zero attached hydrogens (tertiary/aromatic N) is 2. The first-order valence-electron chi connectivity index (χ1n) is 11.6. The van der Waals surface area contributed by atoms with E-state index < -0.39 is 23.8 Å². The zero-order valence-corrected chi connectivity index (χ0v) is 18.4. The fourth-order valence-electron chi connectivity index (χ4n) is 5.67. The van der Waals surface area contributed by atoms with Gasteiger partial charge in [0, 0.05) is 18.4 Å². The molecule has 7 heteroatoms. The van der Waals surface area contributed by atoms with Gasteiger partial charge in [-0.05, 0) is 42.5 Å². The zero-order chi connectivity index (χ0) is 23.1. The van der Waals surface area contributed by atoms with Gasteiger partial charge < -0.3 is 10.6 Å². The highest BCUT2D eigenvalue weighted by atomic mass is 16.2. The van der Waals surface area contributed by atoms with E-state index in [1.807, 2.05) is 24.3 Å². The second-order valence-corrected chi connectivity index (χ2v) is 9.16. The Kier molecular flexibility index (Phi) is 5.48. The number of amides is 4. The van der Waals surface area contributed by atoms with E-state index in [0.717, 1.165) is 24.0 Å². The Morgan fingerprint density at radius 1 is 0.879 bits per heavy atom. The highest BCUT2D eigenvalue weighted by molar-refractivity contribution is 6.21. The third kappa shape index (κ3) is 3.61. The summed E-state index contributed by atoms with van der Waals surface area (Å²) in [4.78, 5) is 55.0. The van der Waals surface area contributed by atoms with Crippen LogP contribution >= 0.6 is 0 Å². The fourth-order valence-corrected chi connectivity index (χ4v) is 5.67. The largest absolute Gasteiger partial charge is 0.369 e.